The van der Waals surface area contributed by atoms with Crippen molar-refractivity contribution in [1.82, 2.24) is 10.3 Å². The van der Waals surface area contributed by atoms with E-state index in [0.29, 0.717) is 11.0 Å². The number of thiophene rings is 1. The van der Waals surface area contributed by atoms with E-state index in [4.69, 9.17) is 11.6 Å². The van der Waals surface area contributed by atoms with E-state index in [2.05, 4.69) is 40.9 Å². The quantitative estimate of drug-likeness (QED) is 0.908. The first kappa shape index (κ1) is 12.6. The molecule has 3 rings (SSSR count). The van der Waals surface area contributed by atoms with Gasteiger partial charge < -0.3 is 5.32 Å². The van der Waals surface area contributed by atoms with E-state index < -0.39 is 0 Å². The van der Waals surface area contributed by atoms with E-state index in [9.17, 15) is 0 Å². The number of amidine groups is 1. The first-order valence-corrected chi connectivity index (χ1v) is 7.64. The highest BCUT2D eigenvalue weighted by atomic mass is 35.5. The molecule has 1 N–H and O–H groups in total. The fraction of sp³-hybridized carbons (Fsp3) is 0.0769. The van der Waals surface area contributed by atoms with Gasteiger partial charge in [0.1, 0.15) is 5.15 Å². The van der Waals surface area contributed by atoms with Gasteiger partial charge in [-0.25, -0.2) is 9.98 Å². The second-order valence-electron chi connectivity index (χ2n) is 4.03. The Morgan fingerprint density at radius 1 is 1.37 bits per heavy atom. The lowest BCUT2D eigenvalue weighted by molar-refractivity contribution is 1.14. The van der Waals surface area contributed by atoms with Gasteiger partial charge in [0.2, 0.25) is 0 Å². The summed E-state index contributed by atoms with van der Waals surface area (Å²) >= 11 is 9.02. The Hall–Kier alpha value is -1.43. The van der Waals surface area contributed by atoms with Crippen molar-refractivity contribution < 1.29 is 0 Å². The number of allylic oxidation sites excluding steroid dienone is 1. The molecule has 0 saturated heterocycles. The molecule has 0 atom stereocenters. The van der Waals surface area contributed by atoms with Crippen molar-refractivity contribution >= 4 is 45.8 Å². The molecule has 0 bridgehead atoms. The monoisotopic (exact) mass is 307 g/mol. The van der Waals surface area contributed by atoms with E-state index in [0.717, 1.165) is 21.3 Å². The van der Waals surface area contributed by atoms with E-state index in [1.165, 1.54) is 16.2 Å². The van der Waals surface area contributed by atoms with Gasteiger partial charge in [0.25, 0.3) is 0 Å². The number of rotatable bonds is 2. The minimum atomic E-state index is 0.484. The average Bonchev–Trinajstić information content (AvgIpc) is 2.97. The lowest BCUT2D eigenvalue weighted by Crippen LogP contribution is -2.25. The Morgan fingerprint density at radius 2 is 2.21 bits per heavy atom. The largest absolute Gasteiger partial charge is 0.338 e. The van der Waals surface area contributed by atoms with Crippen LogP contribution in [0, 0.1) is 6.92 Å². The van der Waals surface area contributed by atoms with Crippen LogP contribution in [0.5, 0.6) is 0 Å². The maximum Gasteiger partial charge on any atom is 0.167 e. The summed E-state index contributed by atoms with van der Waals surface area (Å²) in [6.45, 7) is 6.04. The molecule has 3 nitrogen and oxygen atoms in total. The van der Waals surface area contributed by atoms with Gasteiger partial charge in [-0.3, -0.25) is 0 Å². The molecule has 0 aliphatic carbocycles. The Morgan fingerprint density at radius 3 is 2.84 bits per heavy atom. The topological polar surface area (TPSA) is 37.3 Å². The van der Waals surface area contributed by atoms with Crippen LogP contribution in [0.3, 0.4) is 0 Å². The zero-order valence-corrected chi connectivity index (χ0v) is 12.5. The molecular weight excluding hydrogens is 298 g/mol. The lowest BCUT2D eigenvalue weighted by atomic mass is 10.2. The van der Waals surface area contributed by atoms with Crippen LogP contribution < -0.4 is 5.32 Å². The number of aliphatic imine (C=N–C) groups is 1. The summed E-state index contributed by atoms with van der Waals surface area (Å²) in [5.74, 6) is 0.699. The third kappa shape index (κ3) is 2.63. The lowest BCUT2D eigenvalue weighted by Gasteiger charge is -2.14. The van der Waals surface area contributed by atoms with Crippen molar-refractivity contribution in [3.8, 4) is 0 Å². The van der Waals surface area contributed by atoms with Crippen LogP contribution >= 0.6 is 34.3 Å². The maximum absolute atomic E-state index is 5.85. The molecule has 0 spiro atoms. The fourth-order valence-corrected chi connectivity index (χ4v) is 3.41. The van der Waals surface area contributed by atoms with Crippen molar-refractivity contribution in [2.75, 3.05) is 0 Å². The summed E-state index contributed by atoms with van der Waals surface area (Å²) in [6, 6.07) is 4.15. The van der Waals surface area contributed by atoms with Crippen LogP contribution in [0.25, 0.3) is 5.70 Å². The third-order valence-corrected chi connectivity index (χ3v) is 4.69. The van der Waals surface area contributed by atoms with Crippen LogP contribution in [-0.4, -0.2) is 10.8 Å². The molecule has 0 saturated carbocycles. The Balaban J connectivity index is 2.01. The second kappa shape index (κ2) is 4.92. The predicted molar refractivity (Wildman–Crippen MR) is 83.0 cm³/mol. The van der Waals surface area contributed by atoms with Crippen LogP contribution in [0.1, 0.15) is 14.8 Å². The van der Waals surface area contributed by atoms with Gasteiger partial charge in [-0.1, -0.05) is 18.2 Å². The molecule has 2 aromatic heterocycles. The van der Waals surface area contributed by atoms with Gasteiger partial charge in [0.15, 0.2) is 10.8 Å². The molecule has 0 fully saturated rings. The van der Waals surface area contributed by atoms with E-state index >= 15 is 0 Å². The first-order chi connectivity index (χ1) is 9.11. The van der Waals surface area contributed by atoms with Crippen LogP contribution in [0.15, 0.2) is 40.9 Å². The second-order valence-corrected chi connectivity index (χ2v) is 6.56. The minimum absolute atomic E-state index is 0.484. The SMILES string of the molecule is C=C1C=C(c2ccc(C)s2)N=C(c2nc(Cl)cs2)N1. The smallest absolute Gasteiger partial charge is 0.167 e. The zero-order valence-electron chi connectivity index (χ0n) is 10.1. The molecule has 0 radical (unpaired) electrons. The van der Waals surface area contributed by atoms with Gasteiger partial charge >= 0.3 is 0 Å². The predicted octanol–water partition coefficient (Wildman–Crippen LogP) is 4.07. The number of aryl methyl sites for hydroxylation is 1. The van der Waals surface area contributed by atoms with Crippen molar-refractivity contribution in [3.63, 3.8) is 0 Å². The molecular formula is C13H10ClN3S2. The highest BCUT2D eigenvalue weighted by Crippen LogP contribution is 2.28. The zero-order chi connectivity index (χ0) is 13.4. The molecule has 2 aromatic rings. The first-order valence-electron chi connectivity index (χ1n) is 5.56. The minimum Gasteiger partial charge on any atom is -0.338 e. The third-order valence-electron chi connectivity index (χ3n) is 2.49. The van der Waals surface area contributed by atoms with E-state index in [1.807, 2.05) is 6.08 Å². The van der Waals surface area contributed by atoms with E-state index in [1.54, 1.807) is 16.7 Å². The number of nitrogens with zero attached hydrogens (tertiary/aromatic N) is 2. The molecule has 3 heterocycles. The summed E-state index contributed by atoms with van der Waals surface area (Å²) in [5, 5.41) is 6.17. The summed E-state index contributed by atoms with van der Waals surface area (Å²) in [7, 11) is 0. The van der Waals surface area contributed by atoms with Gasteiger partial charge in [-0.2, -0.15) is 0 Å². The number of aromatic nitrogens is 1. The number of thiazole rings is 1. The maximum atomic E-state index is 5.85. The Bertz CT molecular complexity index is 709. The molecule has 1 aliphatic rings. The summed E-state index contributed by atoms with van der Waals surface area (Å²) in [5.41, 5.74) is 1.71. The van der Waals surface area contributed by atoms with Gasteiger partial charge in [0.05, 0.1) is 10.6 Å². The van der Waals surface area contributed by atoms with Crippen molar-refractivity contribution in [2.45, 2.75) is 6.92 Å². The Kier molecular flexibility index (Phi) is 3.26. The molecule has 0 unspecified atom stereocenters. The van der Waals surface area contributed by atoms with E-state index in [-0.39, 0.29) is 0 Å². The molecule has 1 aliphatic heterocycles. The van der Waals surface area contributed by atoms with Gasteiger partial charge in [-0.15, -0.1) is 22.7 Å². The standard InChI is InChI=1S/C13H10ClN3S2/c1-7-5-9(10-4-3-8(2)19-10)16-12(15-7)13-17-11(14)6-18-13/h3-6H,1H2,2H3,(H,15,16). The summed E-state index contributed by atoms with van der Waals surface area (Å²) < 4.78 is 0. The van der Waals surface area contributed by atoms with Crippen LogP contribution in [0.4, 0.5) is 0 Å². The highest BCUT2D eigenvalue weighted by Gasteiger charge is 2.16. The number of halogens is 1. The Labute approximate surface area is 124 Å². The molecule has 6 heteroatoms. The van der Waals surface area contributed by atoms with Crippen molar-refractivity contribution in [3.05, 3.63) is 55.8 Å². The summed E-state index contributed by atoms with van der Waals surface area (Å²) in [6.07, 6.45) is 1.93. The van der Waals surface area contributed by atoms with Crippen LogP contribution in [0.2, 0.25) is 5.15 Å². The number of nitrogens with one attached hydrogen (secondary N) is 1. The van der Waals surface area contributed by atoms with Crippen molar-refractivity contribution in [1.29, 1.82) is 0 Å². The van der Waals surface area contributed by atoms with Gasteiger partial charge in [-0.05, 0) is 25.1 Å². The average molecular weight is 308 g/mol. The van der Waals surface area contributed by atoms with Gasteiger partial charge in [0, 0.05) is 16.0 Å². The number of hydrogen-bond acceptors (Lipinski definition) is 5. The van der Waals surface area contributed by atoms with Crippen LogP contribution in [-0.2, 0) is 0 Å². The number of hydrogen-bond donors (Lipinski definition) is 1. The molecule has 0 aromatic carbocycles. The fourth-order valence-electron chi connectivity index (χ4n) is 1.70. The molecule has 19 heavy (non-hydrogen) atoms. The van der Waals surface area contributed by atoms with Crippen molar-refractivity contribution in [2.24, 2.45) is 4.99 Å². The molecule has 0 amide bonds. The normalized spacial score (nSPS) is 14.9. The molecule has 96 valence electrons. The summed E-state index contributed by atoms with van der Waals surface area (Å²) in [4.78, 5) is 11.2. The highest BCUT2D eigenvalue weighted by molar-refractivity contribution is 7.13.